The van der Waals surface area contributed by atoms with Crippen molar-refractivity contribution in [2.75, 3.05) is 13.1 Å². The van der Waals surface area contributed by atoms with Gasteiger partial charge in [-0.15, -0.1) is 0 Å². The molecule has 5 rings (SSSR count). The van der Waals surface area contributed by atoms with Gasteiger partial charge in [-0.25, -0.2) is 4.79 Å². The summed E-state index contributed by atoms with van der Waals surface area (Å²) in [5, 5.41) is 5.96. The standard InChI is InChI=1S/C33H40N2O3/c1-22-15-16-25(23-17-19-35(20-18-23)32(37)38-33(2,3)4)21-29(22)31(36)34-30-14-8-13-28(30)27-12-7-10-24-9-5-6-11-26(24)27/h5-7,9-12,15-16,21,23,28,30H,8,13-14,17-20H2,1-4H3,(H,34,36). The van der Waals surface area contributed by atoms with Gasteiger partial charge in [-0.3, -0.25) is 4.79 Å². The van der Waals surface area contributed by atoms with Crippen LogP contribution in [0, 0.1) is 6.92 Å². The number of hydrogen-bond acceptors (Lipinski definition) is 3. The molecule has 1 aliphatic carbocycles. The van der Waals surface area contributed by atoms with Crippen LogP contribution in [0.3, 0.4) is 0 Å². The van der Waals surface area contributed by atoms with Crippen LogP contribution in [0.5, 0.6) is 0 Å². The Morgan fingerprint density at radius 3 is 2.42 bits per heavy atom. The minimum atomic E-state index is -0.487. The highest BCUT2D eigenvalue weighted by Gasteiger charge is 2.32. The van der Waals surface area contributed by atoms with Gasteiger partial charge in [0.05, 0.1) is 0 Å². The van der Waals surface area contributed by atoms with Crippen LogP contribution in [0.2, 0.25) is 0 Å². The van der Waals surface area contributed by atoms with E-state index >= 15 is 0 Å². The van der Waals surface area contributed by atoms with Crippen molar-refractivity contribution in [1.29, 1.82) is 0 Å². The smallest absolute Gasteiger partial charge is 0.410 e. The number of carbonyl (C=O) groups excluding carboxylic acids is 2. The maximum Gasteiger partial charge on any atom is 0.410 e. The molecule has 2 amide bonds. The molecule has 38 heavy (non-hydrogen) atoms. The van der Waals surface area contributed by atoms with Crippen molar-refractivity contribution in [3.05, 3.63) is 82.9 Å². The average Bonchev–Trinajstić information content (AvgIpc) is 3.35. The van der Waals surface area contributed by atoms with E-state index < -0.39 is 5.60 Å². The molecular weight excluding hydrogens is 472 g/mol. The number of amides is 2. The molecule has 0 spiro atoms. The van der Waals surface area contributed by atoms with E-state index in [9.17, 15) is 9.59 Å². The molecule has 1 N–H and O–H groups in total. The molecule has 5 heteroatoms. The number of benzene rings is 3. The summed E-state index contributed by atoms with van der Waals surface area (Å²) in [4.78, 5) is 27.9. The zero-order chi connectivity index (χ0) is 26.9. The van der Waals surface area contributed by atoms with E-state index in [1.807, 2.05) is 27.7 Å². The van der Waals surface area contributed by atoms with Crippen LogP contribution in [0.4, 0.5) is 4.79 Å². The molecule has 0 bridgehead atoms. The van der Waals surface area contributed by atoms with Crippen molar-refractivity contribution < 1.29 is 14.3 Å². The van der Waals surface area contributed by atoms with E-state index in [2.05, 4.69) is 66.0 Å². The van der Waals surface area contributed by atoms with Crippen LogP contribution >= 0.6 is 0 Å². The number of fused-ring (bicyclic) bond motifs is 1. The van der Waals surface area contributed by atoms with Gasteiger partial charge in [0.2, 0.25) is 0 Å². The van der Waals surface area contributed by atoms with Crippen molar-refractivity contribution in [1.82, 2.24) is 10.2 Å². The largest absolute Gasteiger partial charge is 0.444 e. The Kier molecular flexibility index (Phi) is 7.47. The number of carbonyl (C=O) groups is 2. The maximum absolute atomic E-state index is 13.6. The fourth-order valence-electron chi connectivity index (χ4n) is 6.19. The first-order valence-corrected chi connectivity index (χ1v) is 14.1. The predicted molar refractivity (Wildman–Crippen MR) is 153 cm³/mol. The summed E-state index contributed by atoms with van der Waals surface area (Å²) in [5.74, 6) is 0.675. The normalized spacial score (nSPS) is 20.5. The Morgan fingerprint density at radius 1 is 0.921 bits per heavy atom. The second kappa shape index (κ2) is 10.8. The lowest BCUT2D eigenvalue weighted by molar-refractivity contribution is 0.0205. The molecule has 2 atom stereocenters. The van der Waals surface area contributed by atoms with E-state index in [1.54, 1.807) is 4.90 Å². The highest BCUT2D eigenvalue weighted by Crippen LogP contribution is 2.38. The minimum Gasteiger partial charge on any atom is -0.444 e. The molecule has 3 aromatic carbocycles. The summed E-state index contributed by atoms with van der Waals surface area (Å²) in [6.45, 7) is 9.04. The van der Waals surface area contributed by atoms with Crippen LogP contribution < -0.4 is 5.32 Å². The van der Waals surface area contributed by atoms with Crippen LogP contribution in [0.1, 0.15) is 91.8 Å². The van der Waals surface area contributed by atoms with E-state index in [0.29, 0.717) is 24.9 Å². The van der Waals surface area contributed by atoms with Crippen molar-refractivity contribution >= 4 is 22.8 Å². The summed E-state index contributed by atoms with van der Waals surface area (Å²) >= 11 is 0. The summed E-state index contributed by atoms with van der Waals surface area (Å²) in [7, 11) is 0. The molecule has 5 nitrogen and oxygen atoms in total. The number of nitrogens with zero attached hydrogens (tertiary/aromatic N) is 1. The lowest BCUT2D eigenvalue weighted by Crippen LogP contribution is -2.41. The average molecular weight is 513 g/mol. The first-order valence-electron chi connectivity index (χ1n) is 14.1. The van der Waals surface area contributed by atoms with Gasteiger partial charge in [-0.2, -0.15) is 0 Å². The minimum absolute atomic E-state index is 0.0210. The number of rotatable bonds is 4. The second-order valence-electron chi connectivity index (χ2n) is 12.0. The van der Waals surface area contributed by atoms with Gasteiger partial charge in [0.1, 0.15) is 5.60 Å². The van der Waals surface area contributed by atoms with E-state index in [-0.39, 0.29) is 18.0 Å². The zero-order valence-corrected chi connectivity index (χ0v) is 23.1. The van der Waals surface area contributed by atoms with Crippen LogP contribution in [-0.2, 0) is 4.74 Å². The molecule has 2 unspecified atom stereocenters. The van der Waals surface area contributed by atoms with Crippen molar-refractivity contribution in [2.45, 2.75) is 83.3 Å². The van der Waals surface area contributed by atoms with Gasteiger partial charge >= 0.3 is 6.09 Å². The molecule has 1 aliphatic heterocycles. The fraction of sp³-hybridized carbons (Fsp3) is 0.455. The van der Waals surface area contributed by atoms with Crippen LogP contribution in [-0.4, -0.2) is 41.6 Å². The highest BCUT2D eigenvalue weighted by atomic mass is 16.6. The number of ether oxygens (including phenoxy) is 1. The molecule has 3 aromatic rings. The third-order valence-electron chi connectivity index (χ3n) is 8.18. The lowest BCUT2D eigenvalue weighted by Gasteiger charge is -2.33. The first kappa shape index (κ1) is 26.3. The van der Waals surface area contributed by atoms with Gasteiger partial charge in [0.25, 0.3) is 5.91 Å². The summed E-state index contributed by atoms with van der Waals surface area (Å²) in [6.07, 6.45) is 4.71. The molecule has 1 heterocycles. The molecule has 2 aliphatic rings. The van der Waals surface area contributed by atoms with Gasteiger partial charge < -0.3 is 15.0 Å². The molecular formula is C33H40N2O3. The summed E-state index contributed by atoms with van der Waals surface area (Å²) < 4.78 is 5.55. The topological polar surface area (TPSA) is 58.6 Å². The first-order chi connectivity index (χ1) is 18.2. The summed E-state index contributed by atoms with van der Waals surface area (Å²) in [5.41, 5.74) is 3.80. The number of hydrogen-bond donors (Lipinski definition) is 1. The van der Waals surface area contributed by atoms with Crippen molar-refractivity contribution in [3.63, 3.8) is 0 Å². The maximum atomic E-state index is 13.6. The second-order valence-corrected chi connectivity index (χ2v) is 12.0. The number of aryl methyl sites for hydroxylation is 1. The molecule has 1 saturated heterocycles. The highest BCUT2D eigenvalue weighted by molar-refractivity contribution is 5.96. The Morgan fingerprint density at radius 2 is 1.66 bits per heavy atom. The van der Waals surface area contributed by atoms with Gasteiger partial charge in [0.15, 0.2) is 0 Å². The van der Waals surface area contributed by atoms with E-state index in [4.69, 9.17) is 4.74 Å². The molecule has 1 saturated carbocycles. The Hall–Kier alpha value is -3.34. The Balaban J connectivity index is 1.27. The van der Waals surface area contributed by atoms with E-state index in [1.165, 1.54) is 21.9 Å². The zero-order valence-electron chi connectivity index (χ0n) is 23.1. The monoisotopic (exact) mass is 512 g/mol. The Bertz CT molecular complexity index is 1310. The SMILES string of the molecule is Cc1ccc(C2CCN(C(=O)OC(C)(C)C)CC2)cc1C(=O)NC1CCCC1c1cccc2ccccc12. The third-order valence-corrected chi connectivity index (χ3v) is 8.18. The molecule has 0 radical (unpaired) electrons. The quantitative estimate of drug-likeness (QED) is 0.398. The molecule has 2 fully saturated rings. The Labute approximate surface area is 226 Å². The van der Waals surface area contributed by atoms with Gasteiger partial charge in [0, 0.05) is 30.6 Å². The van der Waals surface area contributed by atoms with Crippen LogP contribution in [0.15, 0.2) is 60.7 Å². The van der Waals surface area contributed by atoms with Gasteiger partial charge in [-0.1, -0.05) is 61.0 Å². The lowest BCUT2D eigenvalue weighted by atomic mass is 9.87. The van der Waals surface area contributed by atoms with Crippen molar-refractivity contribution in [3.8, 4) is 0 Å². The van der Waals surface area contributed by atoms with E-state index in [0.717, 1.165) is 43.2 Å². The summed E-state index contributed by atoms with van der Waals surface area (Å²) in [6, 6.07) is 21.5. The van der Waals surface area contributed by atoms with Gasteiger partial charge in [-0.05, 0) is 92.8 Å². The number of nitrogens with one attached hydrogen (secondary N) is 1. The third kappa shape index (κ3) is 5.72. The molecule has 200 valence electrons. The number of likely N-dealkylation sites (tertiary alicyclic amines) is 1. The number of piperidine rings is 1. The molecule has 0 aromatic heterocycles. The predicted octanol–water partition coefficient (Wildman–Crippen LogP) is 7.33. The van der Waals surface area contributed by atoms with Crippen molar-refractivity contribution in [2.24, 2.45) is 0 Å². The van der Waals surface area contributed by atoms with Crippen LogP contribution in [0.25, 0.3) is 10.8 Å². The fourth-order valence-corrected chi connectivity index (χ4v) is 6.19.